The fourth-order valence-corrected chi connectivity index (χ4v) is 2.30. The summed E-state index contributed by atoms with van der Waals surface area (Å²) in [6, 6.07) is 0.861. The maximum absolute atomic E-state index is 8.76. The molecule has 0 spiro atoms. The number of nitrogens with zero attached hydrogens (tertiary/aromatic N) is 1. The van der Waals surface area contributed by atoms with E-state index in [9.17, 15) is 0 Å². The van der Waals surface area contributed by atoms with Gasteiger partial charge in [-0.15, -0.1) is 0 Å². The Morgan fingerprint density at radius 3 is 2.57 bits per heavy atom. The molecule has 3 N–H and O–H groups in total. The Kier molecular flexibility index (Phi) is 5.45. The number of nitrogens with two attached hydrogens (primary N) is 1. The summed E-state index contributed by atoms with van der Waals surface area (Å²) in [5.41, 5.74) is 5.89. The summed E-state index contributed by atoms with van der Waals surface area (Å²) in [5, 5.41) is 8.76. The Hall–Kier alpha value is -0.120. The van der Waals surface area contributed by atoms with Gasteiger partial charge in [-0.3, -0.25) is 0 Å². The summed E-state index contributed by atoms with van der Waals surface area (Å²) >= 11 is 0. The molecule has 1 rings (SSSR count). The largest absolute Gasteiger partial charge is 0.396 e. The van der Waals surface area contributed by atoms with E-state index in [0.717, 1.165) is 19.0 Å². The molecule has 1 unspecified atom stereocenters. The van der Waals surface area contributed by atoms with Crippen molar-refractivity contribution in [2.24, 2.45) is 5.73 Å². The molecular weight excluding hydrogens is 176 g/mol. The van der Waals surface area contributed by atoms with E-state index in [4.69, 9.17) is 10.8 Å². The third-order valence-corrected chi connectivity index (χ3v) is 3.22. The first-order valence-electron chi connectivity index (χ1n) is 5.80. The minimum absolute atomic E-state index is 0.131. The van der Waals surface area contributed by atoms with Crippen molar-refractivity contribution in [2.45, 2.75) is 50.6 Å². The van der Waals surface area contributed by atoms with Crippen molar-refractivity contribution in [3.63, 3.8) is 0 Å². The summed E-state index contributed by atoms with van der Waals surface area (Å²) in [4.78, 5) is 2.37. The van der Waals surface area contributed by atoms with Crippen LogP contribution in [0.4, 0.5) is 0 Å². The van der Waals surface area contributed by atoms with Gasteiger partial charge >= 0.3 is 0 Å². The Morgan fingerprint density at radius 1 is 1.36 bits per heavy atom. The molecule has 1 aliphatic carbocycles. The molecule has 0 aliphatic heterocycles. The standard InChI is InChI=1S/C11H24N2O/c1-13(9-10(12)7-8-14)11-5-3-2-4-6-11/h10-11,14H,2-9,12H2,1H3. The highest BCUT2D eigenvalue weighted by Gasteiger charge is 2.19. The van der Waals surface area contributed by atoms with Crippen LogP contribution in [0, 0.1) is 0 Å². The molecule has 1 fully saturated rings. The zero-order chi connectivity index (χ0) is 10.4. The van der Waals surface area contributed by atoms with Crippen LogP contribution in [0.15, 0.2) is 0 Å². The van der Waals surface area contributed by atoms with Gasteiger partial charge in [0.25, 0.3) is 0 Å². The Morgan fingerprint density at radius 2 is 2.00 bits per heavy atom. The number of aliphatic hydroxyl groups is 1. The van der Waals surface area contributed by atoms with Gasteiger partial charge < -0.3 is 15.7 Å². The minimum Gasteiger partial charge on any atom is -0.396 e. The number of hydrogen-bond donors (Lipinski definition) is 2. The van der Waals surface area contributed by atoms with Crippen LogP contribution in [0.3, 0.4) is 0 Å². The van der Waals surface area contributed by atoms with Gasteiger partial charge in [-0.2, -0.15) is 0 Å². The van der Waals surface area contributed by atoms with Crippen molar-refractivity contribution in [1.29, 1.82) is 0 Å². The van der Waals surface area contributed by atoms with Crippen LogP contribution in [-0.2, 0) is 0 Å². The zero-order valence-corrected chi connectivity index (χ0v) is 9.28. The summed E-state index contributed by atoms with van der Waals surface area (Å²) in [6.45, 7) is 1.13. The highest BCUT2D eigenvalue weighted by atomic mass is 16.3. The lowest BCUT2D eigenvalue weighted by Crippen LogP contribution is -2.42. The molecule has 0 aromatic heterocycles. The predicted molar refractivity (Wildman–Crippen MR) is 59.2 cm³/mol. The fraction of sp³-hybridized carbons (Fsp3) is 1.00. The lowest BCUT2D eigenvalue weighted by molar-refractivity contribution is 0.172. The van der Waals surface area contributed by atoms with Crippen molar-refractivity contribution in [2.75, 3.05) is 20.2 Å². The van der Waals surface area contributed by atoms with E-state index in [1.807, 2.05) is 0 Å². The van der Waals surface area contributed by atoms with Crippen LogP contribution in [0.25, 0.3) is 0 Å². The first-order chi connectivity index (χ1) is 6.74. The SMILES string of the molecule is CN(CC(N)CCO)C1CCCCC1. The lowest BCUT2D eigenvalue weighted by atomic mass is 9.94. The van der Waals surface area contributed by atoms with Crippen molar-refractivity contribution in [3.05, 3.63) is 0 Å². The normalized spacial score (nSPS) is 21.4. The van der Waals surface area contributed by atoms with Gasteiger partial charge in [0.1, 0.15) is 0 Å². The molecule has 1 atom stereocenters. The highest BCUT2D eigenvalue weighted by Crippen LogP contribution is 2.21. The molecule has 0 heterocycles. The molecule has 3 nitrogen and oxygen atoms in total. The lowest BCUT2D eigenvalue weighted by Gasteiger charge is -2.32. The van der Waals surface area contributed by atoms with Gasteiger partial charge in [0.15, 0.2) is 0 Å². The van der Waals surface area contributed by atoms with E-state index in [1.165, 1.54) is 32.1 Å². The zero-order valence-electron chi connectivity index (χ0n) is 9.28. The summed E-state index contributed by atoms with van der Waals surface area (Å²) in [7, 11) is 2.16. The van der Waals surface area contributed by atoms with Crippen LogP contribution in [0.5, 0.6) is 0 Å². The van der Waals surface area contributed by atoms with Crippen LogP contribution >= 0.6 is 0 Å². The van der Waals surface area contributed by atoms with E-state index in [2.05, 4.69) is 11.9 Å². The van der Waals surface area contributed by atoms with Gasteiger partial charge in [-0.25, -0.2) is 0 Å². The molecule has 1 saturated carbocycles. The summed E-state index contributed by atoms with van der Waals surface area (Å²) < 4.78 is 0. The van der Waals surface area contributed by atoms with E-state index in [-0.39, 0.29) is 12.6 Å². The fourth-order valence-electron chi connectivity index (χ4n) is 2.30. The molecule has 0 saturated heterocycles. The van der Waals surface area contributed by atoms with Crippen molar-refractivity contribution < 1.29 is 5.11 Å². The van der Waals surface area contributed by atoms with E-state index in [1.54, 1.807) is 0 Å². The maximum Gasteiger partial charge on any atom is 0.0446 e. The van der Waals surface area contributed by atoms with E-state index < -0.39 is 0 Å². The van der Waals surface area contributed by atoms with Gasteiger partial charge in [0, 0.05) is 25.2 Å². The molecule has 0 radical (unpaired) electrons. The smallest absolute Gasteiger partial charge is 0.0446 e. The average Bonchev–Trinajstić information content (AvgIpc) is 2.19. The Bertz CT molecular complexity index is 146. The highest BCUT2D eigenvalue weighted by molar-refractivity contribution is 4.76. The Labute approximate surface area is 87.3 Å². The number of aliphatic hydroxyl groups excluding tert-OH is 1. The predicted octanol–water partition coefficient (Wildman–Crippen LogP) is 0.961. The first-order valence-corrected chi connectivity index (χ1v) is 5.80. The summed E-state index contributed by atoms with van der Waals surface area (Å²) in [6.07, 6.45) is 7.49. The molecule has 0 aromatic carbocycles. The van der Waals surface area contributed by atoms with Crippen LogP contribution in [0.1, 0.15) is 38.5 Å². The van der Waals surface area contributed by atoms with Crippen molar-refractivity contribution >= 4 is 0 Å². The van der Waals surface area contributed by atoms with Crippen LogP contribution in [0.2, 0.25) is 0 Å². The van der Waals surface area contributed by atoms with Gasteiger partial charge in [0.2, 0.25) is 0 Å². The molecule has 0 bridgehead atoms. The third-order valence-electron chi connectivity index (χ3n) is 3.22. The first kappa shape index (κ1) is 12.0. The van der Waals surface area contributed by atoms with Crippen LogP contribution in [-0.4, -0.2) is 42.3 Å². The molecule has 3 heteroatoms. The second kappa shape index (κ2) is 6.38. The average molecular weight is 200 g/mol. The van der Waals surface area contributed by atoms with Gasteiger partial charge in [-0.05, 0) is 26.3 Å². The molecule has 1 aliphatic rings. The van der Waals surface area contributed by atoms with Gasteiger partial charge in [-0.1, -0.05) is 19.3 Å². The molecule has 0 amide bonds. The maximum atomic E-state index is 8.76. The monoisotopic (exact) mass is 200 g/mol. The number of likely N-dealkylation sites (N-methyl/N-ethyl adjacent to an activating group) is 1. The number of hydrogen-bond acceptors (Lipinski definition) is 3. The second-order valence-corrected chi connectivity index (χ2v) is 4.50. The molecule has 84 valence electrons. The second-order valence-electron chi connectivity index (χ2n) is 4.50. The quantitative estimate of drug-likeness (QED) is 0.695. The molecular formula is C11H24N2O. The third kappa shape index (κ3) is 3.95. The van der Waals surface area contributed by atoms with Crippen LogP contribution < -0.4 is 5.73 Å². The van der Waals surface area contributed by atoms with Crippen molar-refractivity contribution in [1.82, 2.24) is 4.90 Å². The Balaban J connectivity index is 2.21. The number of rotatable bonds is 5. The van der Waals surface area contributed by atoms with Crippen molar-refractivity contribution in [3.8, 4) is 0 Å². The molecule has 14 heavy (non-hydrogen) atoms. The van der Waals surface area contributed by atoms with E-state index in [0.29, 0.717) is 0 Å². The van der Waals surface area contributed by atoms with E-state index >= 15 is 0 Å². The minimum atomic E-state index is 0.131. The summed E-state index contributed by atoms with van der Waals surface area (Å²) in [5.74, 6) is 0. The molecule has 0 aromatic rings. The topological polar surface area (TPSA) is 49.5 Å². The van der Waals surface area contributed by atoms with Gasteiger partial charge in [0.05, 0.1) is 0 Å².